The molecule has 0 saturated carbocycles. The van der Waals surface area contributed by atoms with Gasteiger partial charge in [0.15, 0.2) is 11.9 Å². The first-order chi connectivity index (χ1) is 14.9. The van der Waals surface area contributed by atoms with Gasteiger partial charge < -0.3 is 22.9 Å². The molecule has 2 rings (SSSR count). The van der Waals surface area contributed by atoms with E-state index in [1.165, 1.54) is 9.80 Å². The van der Waals surface area contributed by atoms with Gasteiger partial charge in [0, 0.05) is 18.6 Å². The molecule has 0 aliphatic rings. The Labute approximate surface area is 200 Å². The molecule has 10 nitrogen and oxygen atoms in total. The van der Waals surface area contributed by atoms with Crippen molar-refractivity contribution in [3.63, 3.8) is 0 Å². The van der Waals surface area contributed by atoms with Crippen LogP contribution in [0, 0.1) is 13.8 Å². The fourth-order valence-corrected chi connectivity index (χ4v) is 3.74. The van der Waals surface area contributed by atoms with E-state index in [1.807, 2.05) is 38.1 Å². The minimum Gasteiger partial charge on any atom is -0.370 e. The number of benzene rings is 2. The second kappa shape index (κ2) is 11.9. The molecule has 2 aromatic carbocycles. The number of hydrogen-bond donors (Lipinski definition) is 4. The Kier molecular flexibility index (Phi) is 9.95. The van der Waals surface area contributed by atoms with Crippen molar-refractivity contribution in [2.45, 2.75) is 13.8 Å². The molecule has 8 N–H and O–H groups in total. The lowest BCUT2D eigenvalue weighted by Gasteiger charge is -2.18. The highest BCUT2D eigenvalue weighted by atomic mass is 79.9. The Morgan fingerprint density at radius 1 is 0.812 bits per heavy atom. The smallest absolute Gasteiger partial charge is 0.351 e. The number of nitrogens with zero attached hydrogens (tertiary/aromatic N) is 4. The average Bonchev–Trinajstić information content (AvgIpc) is 2.67. The van der Waals surface area contributed by atoms with E-state index in [1.54, 1.807) is 26.2 Å². The highest BCUT2D eigenvalue weighted by molar-refractivity contribution is 9.10. The van der Waals surface area contributed by atoms with Gasteiger partial charge in [0.2, 0.25) is 0 Å². The Morgan fingerprint density at radius 3 is 1.62 bits per heavy atom. The summed E-state index contributed by atoms with van der Waals surface area (Å²) in [4.78, 5) is 32.8. The van der Waals surface area contributed by atoms with Gasteiger partial charge >= 0.3 is 12.1 Å². The van der Waals surface area contributed by atoms with E-state index in [-0.39, 0.29) is 11.9 Å². The van der Waals surface area contributed by atoms with Crippen LogP contribution in [-0.2, 0) is 0 Å². The lowest BCUT2D eigenvalue weighted by atomic mass is 10.2. The van der Waals surface area contributed by atoms with Crippen LogP contribution < -0.4 is 32.7 Å². The van der Waals surface area contributed by atoms with E-state index >= 15 is 0 Å². The number of aryl methyl sites for hydroxylation is 2. The standard InChI is InChI=1S/C10H13BrN4O.C10H13ClN4O/c2*1-6-4-3-5-7(11)8(6)15(2)10(16)14-9(12)13/h2*3-5H,1-2H3,(H4,12,13,14,16). The van der Waals surface area contributed by atoms with Crippen LogP contribution in [0.5, 0.6) is 0 Å². The first-order valence-corrected chi connectivity index (χ1v) is 10.3. The molecule has 0 fully saturated rings. The molecular weight excluding hydrogens is 500 g/mol. The minimum absolute atomic E-state index is 0.249. The fourth-order valence-electron chi connectivity index (χ4n) is 2.66. The van der Waals surface area contributed by atoms with Crippen molar-refractivity contribution in [3.8, 4) is 0 Å². The van der Waals surface area contributed by atoms with Gasteiger partial charge in [-0.05, 0) is 53.0 Å². The highest BCUT2D eigenvalue weighted by Crippen LogP contribution is 2.30. The van der Waals surface area contributed by atoms with Gasteiger partial charge in [0.05, 0.1) is 16.4 Å². The lowest BCUT2D eigenvalue weighted by molar-refractivity contribution is 0.254. The van der Waals surface area contributed by atoms with Gasteiger partial charge in [-0.25, -0.2) is 9.59 Å². The summed E-state index contributed by atoms with van der Waals surface area (Å²) in [6.45, 7) is 3.75. The first kappa shape index (κ1) is 26.7. The molecular formula is C20H26BrClN8O2. The molecule has 0 aliphatic heterocycles. The number of hydrogen-bond acceptors (Lipinski definition) is 2. The molecule has 2 aromatic rings. The largest absolute Gasteiger partial charge is 0.370 e. The third kappa shape index (κ3) is 7.43. The molecule has 0 heterocycles. The van der Waals surface area contributed by atoms with Gasteiger partial charge in [0.25, 0.3) is 0 Å². The summed E-state index contributed by atoms with van der Waals surface area (Å²) in [6, 6.07) is 9.93. The number of nitrogens with two attached hydrogens (primary N) is 4. The zero-order valence-electron chi connectivity index (χ0n) is 18.1. The minimum atomic E-state index is -0.559. The van der Waals surface area contributed by atoms with Crippen molar-refractivity contribution in [2.75, 3.05) is 23.9 Å². The molecule has 0 radical (unpaired) electrons. The maximum Gasteiger partial charge on any atom is 0.351 e. The van der Waals surface area contributed by atoms with Crippen molar-refractivity contribution < 1.29 is 9.59 Å². The summed E-state index contributed by atoms with van der Waals surface area (Å²) in [7, 11) is 3.17. The van der Waals surface area contributed by atoms with Gasteiger partial charge in [-0.2, -0.15) is 9.98 Å². The van der Waals surface area contributed by atoms with Crippen molar-refractivity contribution in [3.05, 3.63) is 57.0 Å². The van der Waals surface area contributed by atoms with E-state index in [0.29, 0.717) is 10.7 Å². The van der Waals surface area contributed by atoms with E-state index in [4.69, 9.17) is 34.5 Å². The summed E-state index contributed by atoms with van der Waals surface area (Å²) >= 11 is 9.38. The number of carbonyl (C=O) groups excluding carboxylic acids is 2. The molecule has 12 heteroatoms. The molecule has 0 spiro atoms. The van der Waals surface area contributed by atoms with Crippen molar-refractivity contribution in [1.29, 1.82) is 0 Å². The number of carbonyl (C=O) groups is 2. The van der Waals surface area contributed by atoms with Crippen LogP contribution in [0.2, 0.25) is 5.02 Å². The monoisotopic (exact) mass is 524 g/mol. The molecule has 0 aromatic heterocycles. The summed E-state index contributed by atoms with van der Waals surface area (Å²) in [5, 5.41) is 0.474. The number of halogens is 2. The third-order valence-electron chi connectivity index (χ3n) is 4.07. The van der Waals surface area contributed by atoms with Crippen LogP contribution in [0.3, 0.4) is 0 Å². The van der Waals surface area contributed by atoms with Crippen LogP contribution in [0.15, 0.2) is 50.9 Å². The van der Waals surface area contributed by atoms with E-state index < -0.39 is 12.1 Å². The van der Waals surface area contributed by atoms with Crippen LogP contribution in [0.1, 0.15) is 11.1 Å². The quantitative estimate of drug-likeness (QED) is 0.347. The van der Waals surface area contributed by atoms with Gasteiger partial charge in [-0.15, -0.1) is 0 Å². The first-order valence-electron chi connectivity index (χ1n) is 9.11. The highest BCUT2D eigenvalue weighted by Gasteiger charge is 2.16. The topological polar surface area (TPSA) is 169 Å². The predicted octanol–water partition coefficient (Wildman–Crippen LogP) is 3.07. The van der Waals surface area contributed by atoms with E-state index in [0.717, 1.165) is 21.3 Å². The maximum absolute atomic E-state index is 11.6. The zero-order valence-corrected chi connectivity index (χ0v) is 20.5. The molecule has 0 aliphatic carbocycles. The van der Waals surface area contributed by atoms with Crippen molar-refractivity contribution in [2.24, 2.45) is 32.9 Å². The molecule has 0 atom stereocenters. The fraction of sp³-hybridized carbons (Fsp3) is 0.200. The average molecular weight is 526 g/mol. The van der Waals surface area contributed by atoms with Crippen LogP contribution in [-0.4, -0.2) is 38.1 Å². The number of anilines is 2. The van der Waals surface area contributed by atoms with Crippen LogP contribution >= 0.6 is 27.5 Å². The number of aliphatic imine (C=N–C) groups is 2. The second-order valence-corrected chi connectivity index (χ2v) is 7.83. The lowest BCUT2D eigenvalue weighted by Crippen LogP contribution is -2.30. The normalized spacial score (nSPS) is 9.69. The molecule has 0 bridgehead atoms. The summed E-state index contributed by atoms with van der Waals surface area (Å²) in [5.41, 5.74) is 23.7. The molecule has 0 unspecified atom stereocenters. The van der Waals surface area contributed by atoms with Gasteiger partial charge in [-0.3, -0.25) is 9.80 Å². The molecule has 32 heavy (non-hydrogen) atoms. The zero-order chi connectivity index (χ0) is 24.6. The van der Waals surface area contributed by atoms with E-state index in [2.05, 4.69) is 25.9 Å². The number of para-hydroxylation sites is 2. The predicted molar refractivity (Wildman–Crippen MR) is 134 cm³/mol. The number of guanidine groups is 2. The Hall–Kier alpha value is -3.31. The van der Waals surface area contributed by atoms with Crippen LogP contribution in [0.4, 0.5) is 21.0 Å². The van der Waals surface area contributed by atoms with Crippen LogP contribution in [0.25, 0.3) is 0 Å². The Morgan fingerprint density at radius 2 is 1.22 bits per heavy atom. The third-order valence-corrected chi connectivity index (χ3v) is 5.02. The number of urea groups is 2. The number of rotatable bonds is 2. The summed E-state index contributed by atoms with van der Waals surface area (Å²) in [6.07, 6.45) is 0. The van der Waals surface area contributed by atoms with Gasteiger partial charge in [-0.1, -0.05) is 35.9 Å². The van der Waals surface area contributed by atoms with Gasteiger partial charge in [0.1, 0.15) is 0 Å². The van der Waals surface area contributed by atoms with E-state index in [9.17, 15) is 9.59 Å². The van der Waals surface area contributed by atoms with Crippen molar-refractivity contribution in [1.82, 2.24) is 0 Å². The second-order valence-electron chi connectivity index (χ2n) is 6.57. The molecule has 172 valence electrons. The molecule has 4 amide bonds. The molecule has 0 saturated heterocycles. The maximum atomic E-state index is 11.6. The SMILES string of the molecule is Cc1cccc(Br)c1N(C)C(=O)N=C(N)N.Cc1cccc(Cl)c1N(C)C(=O)N=C(N)N. The summed E-state index contributed by atoms with van der Waals surface area (Å²) in [5.74, 6) is -0.525. The Bertz CT molecular complexity index is 926. The Balaban J connectivity index is 0.000000320. The summed E-state index contributed by atoms with van der Waals surface area (Å²) < 4.78 is 0.814. The van der Waals surface area contributed by atoms with Crippen molar-refractivity contribution >= 4 is 62.9 Å². The number of amides is 4.